The lowest BCUT2D eigenvalue weighted by Gasteiger charge is -2.17. The largest absolute Gasteiger partial charge is 0.393 e. The molecule has 0 unspecified atom stereocenters. The molecule has 5 nitrogen and oxygen atoms in total. The minimum Gasteiger partial charge on any atom is -0.393 e. The molecular weight excluding hydrogens is 238 g/mol. The Hall–Kier alpha value is -1.69. The minimum absolute atomic E-state index is 0.0352. The van der Waals surface area contributed by atoms with E-state index in [9.17, 15) is 9.59 Å². The van der Waals surface area contributed by atoms with Crippen LogP contribution >= 0.6 is 12.2 Å². The number of aromatic nitrogens is 1. The topological polar surface area (TPSA) is 68.3 Å². The number of hydrogen-bond acceptors (Lipinski definition) is 3. The lowest BCUT2D eigenvalue weighted by molar-refractivity contribution is -0.130. The van der Waals surface area contributed by atoms with Crippen LogP contribution in [0.4, 0.5) is 0 Å². The molecule has 0 saturated carbocycles. The van der Waals surface area contributed by atoms with E-state index in [4.69, 9.17) is 18.0 Å². The predicted octanol–water partition coefficient (Wildman–Crippen LogP) is -0.0171. The molecule has 0 atom stereocenters. The number of rotatable bonds is 5. The summed E-state index contributed by atoms with van der Waals surface area (Å²) in [5.41, 5.74) is 5.16. The maximum Gasteiger partial charge on any atom is 0.250 e. The van der Waals surface area contributed by atoms with Gasteiger partial charge in [-0.15, -0.1) is 0 Å². The van der Waals surface area contributed by atoms with Crippen molar-refractivity contribution in [3.05, 3.63) is 34.7 Å². The van der Waals surface area contributed by atoms with Crippen molar-refractivity contribution >= 4 is 23.1 Å². The van der Waals surface area contributed by atoms with Crippen LogP contribution in [-0.4, -0.2) is 34.0 Å². The Balaban J connectivity index is 2.57. The van der Waals surface area contributed by atoms with Crippen LogP contribution in [-0.2, 0) is 11.3 Å². The van der Waals surface area contributed by atoms with E-state index in [-0.39, 0.29) is 18.0 Å². The van der Waals surface area contributed by atoms with Gasteiger partial charge in [-0.05, 0) is 6.07 Å². The zero-order chi connectivity index (χ0) is 12.8. The highest BCUT2D eigenvalue weighted by molar-refractivity contribution is 7.80. The Bertz CT molecular complexity index is 470. The molecule has 1 heterocycles. The summed E-state index contributed by atoms with van der Waals surface area (Å²) in [7, 11) is 1.66. The van der Waals surface area contributed by atoms with E-state index in [2.05, 4.69) is 0 Å². The second kappa shape index (κ2) is 6.15. The van der Waals surface area contributed by atoms with Gasteiger partial charge in [-0.1, -0.05) is 18.3 Å². The average Bonchev–Trinajstić information content (AvgIpc) is 2.28. The summed E-state index contributed by atoms with van der Waals surface area (Å²) < 4.78 is 1.36. The molecule has 0 aliphatic rings. The van der Waals surface area contributed by atoms with Gasteiger partial charge in [0.25, 0.3) is 5.56 Å². The van der Waals surface area contributed by atoms with Crippen molar-refractivity contribution in [2.24, 2.45) is 5.73 Å². The molecule has 1 rings (SSSR count). The molecule has 1 aromatic heterocycles. The monoisotopic (exact) mass is 253 g/mol. The van der Waals surface area contributed by atoms with Gasteiger partial charge in [0.2, 0.25) is 5.91 Å². The van der Waals surface area contributed by atoms with Crippen molar-refractivity contribution < 1.29 is 4.79 Å². The van der Waals surface area contributed by atoms with Gasteiger partial charge in [0, 0.05) is 32.3 Å². The summed E-state index contributed by atoms with van der Waals surface area (Å²) in [4.78, 5) is 25.0. The smallest absolute Gasteiger partial charge is 0.250 e. The summed E-state index contributed by atoms with van der Waals surface area (Å²) in [6.07, 6.45) is 2.07. The van der Waals surface area contributed by atoms with Gasteiger partial charge in [-0.2, -0.15) is 0 Å². The fraction of sp³-hybridized carbons (Fsp3) is 0.364. The average molecular weight is 253 g/mol. The highest BCUT2D eigenvalue weighted by atomic mass is 32.1. The number of likely N-dealkylation sites (N-methyl/N-ethyl adjacent to an activating group) is 1. The van der Waals surface area contributed by atoms with Gasteiger partial charge in [-0.25, -0.2) is 0 Å². The number of nitrogens with two attached hydrogens (primary N) is 1. The molecule has 6 heteroatoms. The fourth-order valence-corrected chi connectivity index (χ4v) is 1.35. The molecular formula is C11H15N3O2S. The van der Waals surface area contributed by atoms with E-state index in [0.717, 1.165) is 0 Å². The quantitative estimate of drug-likeness (QED) is 0.749. The van der Waals surface area contributed by atoms with E-state index in [1.54, 1.807) is 25.4 Å². The van der Waals surface area contributed by atoms with E-state index in [1.165, 1.54) is 15.5 Å². The maximum atomic E-state index is 11.8. The Labute approximate surface area is 105 Å². The zero-order valence-electron chi connectivity index (χ0n) is 9.63. The summed E-state index contributed by atoms with van der Waals surface area (Å²) in [5, 5.41) is 0. The van der Waals surface area contributed by atoms with Crippen LogP contribution in [0.15, 0.2) is 29.2 Å². The van der Waals surface area contributed by atoms with Crippen molar-refractivity contribution in [3.63, 3.8) is 0 Å². The Morgan fingerprint density at radius 2 is 2.24 bits per heavy atom. The molecule has 1 aromatic rings. The third-order valence-corrected chi connectivity index (χ3v) is 2.53. The van der Waals surface area contributed by atoms with Crippen molar-refractivity contribution in [1.29, 1.82) is 0 Å². The predicted molar refractivity (Wildman–Crippen MR) is 69.7 cm³/mol. The van der Waals surface area contributed by atoms with Crippen LogP contribution < -0.4 is 11.3 Å². The van der Waals surface area contributed by atoms with Crippen LogP contribution in [0.2, 0.25) is 0 Å². The number of hydrogen-bond donors (Lipinski definition) is 1. The standard InChI is InChI=1S/C11H15N3O2S/c1-13(7-5-9(12)17)11(16)8-14-6-3-2-4-10(14)15/h2-4,6H,5,7-8H2,1H3,(H2,12,17). The van der Waals surface area contributed by atoms with Gasteiger partial charge in [0.15, 0.2) is 0 Å². The molecule has 0 fully saturated rings. The summed E-state index contributed by atoms with van der Waals surface area (Å²) in [6.45, 7) is 0.503. The molecule has 1 amide bonds. The van der Waals surface area contributed by atoms with E-state index in [1.807, 2.05) is 0 Å². The number of pyridine rings is 1. The molecule has 0 aromatic carbocycles. The third kappa shape index (κ3) is 4.36. The Kier molecular flexibility index (Phi) is 4.84. The number of carbonyl (C=O) groups excluding carboxylic acids is 1. The summed E-state index contributed by atoms with van der Waals surface area (Å²) >= 11 is 4.74. The first kappa shape index (κ1) is 13.4. The molecule has 92 valence electrons. The Morgan fingerprint density at radius 3 is 2.82 bits per heavy atom. The van der Waals surface area contributed by atoms with Gasteiger partial charge in [-0.3, -0.25) is 9.59 Å². The summed E-state index contributed by atoms with van der Waals surface area (Å²) in [5.74, 6) is -0.144. The molecule has 0 radical (unpaired) electrons. The van der Waals surface area contributed by atoms with Crippen molar-refractivity contribution in [1.82, 2.24) is 9.47 Å². The highest BCUT2D eigenvalue weighted by Crippen LogP contribution is 1.92. The van der Waals surface area contributed by atoms with Gasteiger partial charge >= 0.3 is 0 Å². The number of amides is 1. The van der Waals surface area contributed by atoms with Crippen molar-refractivity contribution in [2.45, 2.75) is 13.0 Å². The van der Waals surface area contributed by atoms with Crippen LogP contribution in [0, 0.1) is 0 Å². The lowest BCUT2D eigenvalue weighted by Crippen LogP contribution is -2.35. The number of thiocarbonyl (C=S) groups is 1. The van der Waals surface area contributed by atoms with Crippen molar-refractivity contribution in [2.75, 3.05) is 13.6 Å². The highest BCUT2D eigenvalue weighted by Gasteiger charge is 2.09. The van der Waals surface area contributed by atoms with E-state index in [0.29, 0.717) is 18.0 Å². The lowest BCUT2D eigenvalue weighted by atomic mass is 10.3. The number of carbonyl (C=O) groups is 1. The Morgan fingerprint density at radius 1 is 1.53 bits per heavy atom. The minimum atomic E-state index is -0.191. The van der Waals surface area contributed by atoms with E-state index < -0.39 is 0 Å². The van der Waals surface area contributed by atoms with Gasteiger partial charge in [0.1, 0.15) is 6.54 Å². The number of nitrogens with zero attached hydrogens (tertiary/aromatic N) is 2. The van der Waals surface area contributed by atoms with E-state index >= 15 is 0 Å². The van der Waals surface area contributed by atoms with Crippen LogP contribution in [0.25, 0.3) is 0 Å². The molecule has 17 heavy (non-hydrogen) atoms. The zero-order valence-corrected chi connectivity index (χ0v) is 10.4. The van der Waals surface area contributed by atoms with Crippen LogP contribution in [0.5, 0.6) is 0 Å². The van der Waals surface area contributed by atoms with Crippen molar-refractivity contribution in [3.8, 4) is 0 Å². The molecule has 0 aliphatic carbocycles. The van der Waals surface area contributed by atoms with Crippen LogP contribution in [0.3, 0.4) is 0 Å². The molecule has 0 saturated heterocycles. The normalized spacial score (nSPS) is 9.94. The van der Waals surface area contributed by atoms with Gasteiger partial charge < -0.3 is 15.2 Å². The molecule has 0 spiro atoms. The third-order valence-electron chi connectivity index (χ3n) is 2.32. The molecule has 0 aliphatic heterocycles. The maximum absolute atomic E-state index is 11.8. The first-order valence-corrected chi connectivity index (χ1v) is 5.59. The van der Waals surface area contributed by atoms with Crippen LogP contribution in [0.1, 0.15) is 6.42 Å². The summed E-state index contributed by atoms with van der Waals surface area (Å²) in [6, 6.07) is 4.77. The fourth-order valence-electron chi connectivity index (χ4n) is 1.26. The second-order valence-electron chi connectivity index (χ2n) is 3.70. The molecule has 0 bridgehead atoms. The van der Waals surface area contributed by atoms with Gasteiger partial charge in [0.05, 0.1) is 4.99 Å². The first-order chi connectivity index (χ1) is 8.00. The second-order valence-corrected chi connectivity index (χ2v) is 4.22. The first-order valence-electron chi connectivity index (χ1n) is 5.18. The SMILES string of the molecule is CN(CCC(N)=S)C(=O)Cn1ccccc1=O. The molecule has 2 N–H and O–H groups in total.